The Kier molecular flexibility index (Phi) is 6.72. The van der Waals surface area contributed by atoms with Gasteiger partial charge in [0.05, 0.1) is 12.2 Å². The summed E-state index contributed by atoms with van der Waals surface area (Å²) in [7, 11) is 0. The molecule has 0 bridgehead atoms. The third-order valence-electron chi connectivity index (χ3n) is 6.54. The molecule has 1 aliphatic rings. The summed E-state index contributed by atoms with van der Waals surface area (Å²) in [4.78, 5) is 0. The summed E-state index contributed by atoms with van der Waals surface area (Å²) in [6.07, 6.45) is 1.83. The van der Waals surface area contributed by atoms with E-state index in [-0.39, 0.29) is 17.6 Å². The average molecular weight is 459 g/mol. The van der Waals surface area contributed by atoms with Gasteiger partial charge in [0.15, 0.2) is 0 Å². The molecule has 174 valence electrons. The second-order valence-corrected chi connectivity index (χ2v) is 8.77. The number of aromatic nitrogens is 1. The maximum Gasteiger partial charge on any atom is 0.128 e. The van der Waals surface area contributed by atoms with Crippen molar-refractivity contribution in [2.45, 2.75) is 38.5 Å². The van der Waals surface area contributed by atoms with E-state index < -0.39 is 0 Å². The number of hydrogen-bond acceptors (Lipinski definition) is 2. The molecule has 0 saturated carbocycles. The molecule has 0 aliphatic carbocycles. The zero-order valence-corrected chi connectivity index (χ0v) is 19.0. The number of halogens is 2. The molecule has 2 heterocycles. The molecule has 0 fully saturated rings. The fraction of sp³-hybridized carbons (Fsp3) is 0.241. The molecule has 4 aromatic rings. The number of para-hydroxylation sites is 1. The molecule has 1 aliphatic heterocycles. The van der Waals surface area contributed by atoms with Crippen LogP contribution in [-0.4, -0.2) is 11.1 Å². The van der Waals surface area contributed by atoms with Crippen molar-refractivity contribution in [3.63, 3.8) is 0 Å². The molecular formula is C29H28F2N2O. The van der Waals surface area contributed by atoms with E-state index in [4.69, 9.17) is 4.74 Å². The number of nitrogens with one attached hydrogen (secondary N) is 1. The van der Waals surface area contributed by atoms with Crippen LogP contribution in [0, 0.1) is 11.6 Å². The van der Waals surface area contributed by atoms with Crippen LogP contribution >= 0.6 is 0 Å². The van der Waals surface area contributed by atoms with E-state index in [0.29, 0.717) is 6.61 Å². The van der Waals surface area contributed by atoms with Crippen LogP contribution < -0.4 is 10.1 Å². The highest BCUT2D eigenvalue weighted by Gasteiger charge is 2.17. The predicted molar refractivity (Wildman–Crippen MR) is 130 cm³/mol. The standard InChI is InChI=1S/C29H28F2N2O/c30-24-11-7-21(8-12-24)28(22-9-13-25(31)14-10-22)5-3-17-32-18-26-15-16-27-20-34-29-6-2-1-4-23(29)19-33(26)27/h1-2,4,6-16,28,32H,3,5,17-20H2. The second kappa shape index (κ2) is 10.2. The van der Waals surface area contributed by atoms with Crippen molar-refractivity contribution >= 4 is 0 Å². The zero-order chi connectivity index (χ0) is 23.3. The Morgan fingerprint density at radius 2 is 1.50 bits per heavy atom. The fourth-order valence-corrected chi connectivity index (χ4v) is 4.70. The van der Waals surface area contributed by atoms with Crippen LogP contribution in [0.1, 0.15) is 46.8 Å². The minimum absolute atomic E-state index is 0.0984. The molecule has 0 spiro atoms. The molecule has 3 nitrogen and oxygen atoms in total. The van der Waals surface area contributed by atoms with Crippen LogP contribution in [-0.2, 0) is 19.7 Å². The van der Waals surface area contributed by atoms with Gasteiger partial charge in [-0.25, -0.2) is 8.78 Å². The van der Waals surface area contributed by atoms with E-state index in [2.05, 4.69) is 28.1 Å². The van der Waals surface area contributed by atoms with Crippen molar-refractivity contribution in [1.29, 1.82) is 0 Å². The van der Waals surface area contributed by atoms with Gasteiger partial charge in [-0.15, -0.1) is 0 Å². The maximum atomic E-state index is 13.5. The van der Waals surface area contributed by atoms with E-state index in [1.807, 2.05) is 42.5 Å². The minimum Gasteiger partial charge on any atom is -0.487 e. The van der Waals surface area contributed by atoms with Gasteiger partial charge < -0.3 is 14.6 Å². The van der Waals surface area contributed by atoms with Crippen molar-refractivity contribution in [3.8, 4) is 5.75 Å². The molecule has 5 rings (SSSR count). The van der Waals surface area contributed by atoms with Gasteiger partial charge in [0.25, 0.3) is 0 Å². The molecule has 0 radical (unpaired) electrons. The molecule has 5 heteroatoms. The van der Waals surface area contributed by atoms with Crippen molar-refractivity contribution < 1.29 is 13.5 Å². The van der Waals surface area contributed by atoms with Crippen LogP contribution in [0.3, 0.4) is 0 Å². The molecular weight excluding hydrogens is 430 g/mol. The summed E-state index contributed by atoms with van der Waals surface area (Å²) < 4.78 is 35.2. The van der Waals surface area contributed by atoms with Crippen molar-refractivity contribution in [2.75, 3.05) is 6.54 Å². The second-order valence-electron chi connectivity index (χ2n) is 8.77. The Morgan fingerprint density at radius 1 is 0.824 bits per heavy atom. The first-order valence-corrected chi connectivity index (χ1v) is 11.8. The quantitative estimate of drug-likeness (QED) is 0.309. The number of hydrogen-bond donors (Lipinski definition) is 1. The van der Waals surface area contributed by atoms with E-state index in [1.165, 1.54) is 41.2 Å². The lowest BCUT2D eigenvalue weighted by atomic mass is 9.87. The highest BCUT2D eigenvalue weighted by Crippen LogP contribution is 2.30. The van der Waals surface area contributed by atoms with Crippen molar-refractivity contribution in [3.05, 3.63) is 125 Å². The molecule has 0 amide bonds. The van der Waals surface area contributed by atoms with Gasteiger partial charge >= 0.3 is 0 Å². The summed E-state index contributed by atoms with van der Waals surface area (Å²) in [6.45, 7) is 3.02. The lowest BCUT2D eigenvalue weighted by Crippen LogP contribution is -2.19. The summed E-state index contributed by atoms with van der Waals surface area (Å²) in [6, 6.07) is 25.8. The number of rotatable bonds is 8. The monoisotopic (exact) mass is 458 g/mol. The summed E-state index contributed by atoms with van der Waals surface area (Å²) in [5.41, 5.74) is 5.71. The molecule has 3 aromatic carbocycles. The van der Waals surface area contributed by atoms with Crippen LogP contribution in [0.25, 0.3) is 0 Å². The van der Waals surface area contributed by atoms with Crippen molar-refractivity contribution in [1.82, 2.24) is 9.88 Å². The van der Waals surface area contributed by atoms with Crippen LogP contribution in [0.2, 0.25) is 0 Å². The van der Waals surface area contributed by atoms with Gasteiger partial charge in [0.1, 0.15) is 24.0 Å². The summed E-state index contributed by atoms with van der Waals surface area (Å²) >= 11 is 0. The largest absolute Gasteiger partial charge is 0.487 e. The molecule has 0 saturated heterocycles. The first kappa shape index (κ1) is 22.4. The molecule has 1 N–H and O–H groups in total. The number of benzene rings is 3. The summed E-state index contributed by atoms with van der Waals surface area (Å²) in [5.74, 6) is 0.559. The fourth-order valence-electron chi connectivity index (χ4n) is 4.70. The van der Waals surface area contributed by atoms with Gasteiger partial charge in [0, 0.05) is 23.7 Å². The Balaban J connectivity index is 1.20. The lowest BCUT2D eigenvalue weighted by molar-refractivity contribution is 0.302. The maximum absolute atomic E-state index is 13.5. The Hall–Kier alpha value is -3.44. The average Bonchev–Trinajstić information content (AvgIpc) is 3.13. The van der Waals surface area contributed by atoms with Gasteiger partial charge in [0.2, 0.25) is 0 Å². The van der Waals surface area contributed by atoms with Gasteiger partial charge in [-0.2, -0.15) is 0 Å². The van der Waals surface area contributed by atoms with Gasteiger partial charge in [-0.3, -0.25) is 0 Å². The number of nitrogens with zero attached hydrogens (tertiary/aromatic N) is 1. The topological polar surface area (TPSA) is 26.2 Å². The lowest BCUT2D eigenvalue weighted by Gasteiger charge is -2.19. The number of fused-ring (bicyclic) bond motifs is 2. The number of ether oxygens (including phenoxy) is 1. The van der Waals surface area contributed by atoms with Gasteiger partial charge in [-0.05, 0) is 73.0 Å². The highest BCUT2D eigenvalue weighted by molar-refractivity contribution is 5.36. The molecule has 1 aromatic heterocycles. The first-order chi connectivity index (χ1) is 16.7. The normalized spacial score (nSPS) is 12.7. The van der Waals surface area contributed by atoms with Crippen LogP contribution in [0.5, 0.6) is 5.75 Å². The van der Waals surface area contributed by atoms with E-state index >= 15 is 0 Å². The third-order valence-corrected chi connectivity index (χ3v) is 6.54. The molecule has 0 unspecified atom stereocenters. The van der Waals surface area contributed by atoms with Crippen molar-refractivity contribution in [2.24, 2.45) is 0 Å². The van der Waals surface area contributed by atoms with E-state index in [0.717, 1.165) is 49.4 Å². The SMILES string of the molecule is Fc1ccc(C(CCCNCc2ccc3n2Cc2ccccc2OC3)c2ccc(F)cc2)cc1. The van der Waals surface area contributed by atoms with E-state index in [9.17, 15) is 8.78 Å². The highest BCUT2D eigenvalue weighted by atomic mass is 19.1. The first-order valence-electron chi connectivity index (χ1n) is 11.8. The van der Waals surface area contributed by atoms with Crippen LogP contribution in [0.4, 0.5) is 8.78 Å². The molecule has 0 atom stereocenters. The predicted octanol–water partition coefficient (Wildman–Crippen LogP) is 6.41. The minimum atomic E-state index is -0.248. The smallest absolute Gasteiger partial charge is 0.128 e. The van der Waals surface area contributed by atoms with E-state index in [1.54, 1.807) is 0 Å². The molecule has 34 heavy (non-hydrogen) atoms. The Bertz CT molecular complexity index is 1190. The van der Waals surface area contributed by atoms with Crippen LogP contribution in [0.15, 0.2) is 84.9 Å². The zero-order valence-electron chi connectivity index (χ0n) is 19.0. The third kappa shape index (κ3) is 5.05. The van der Waals surface area contributed by atoms with Gasteiger partial charge in [-0.1, -0.05) is 42.5 Å². The Morgan fingerprint density at radius 3 is 2.21 bits per heavy atom. The Labute approximate surface area is 199 Å². The summed E-state index contributed by atoms with van der Waals surface area (Å²) in [5, 5.41) is 3.58.